The van der Waals surface area contributed by atoms with E-state index in [1.54, 1.807) is 19.2 Å². The Bertz CT molecular complexity index is 900. The molecule has 1 heterocycles. The summed E-state index contributed by atoms with van der Waals surface area (Å²) < 4.78 is 37.5. The zero-order valence-electron chi connectivity index (χ0n) is 15.3. The Labute approximate surface area is 210 Å². The molecule has 1 unspecified atom stereocenters. The van der Waals surface area contributed by atoms with Gasteiger partial charge >= 0.3 is 51.4 Å². The van der Waals surface area contributed by atoms with E-state index in [2.05, 4.69) is 25.7 Å². The van der Waals surface area contributed by atoms with E-state index in [9.17, 15) is 13.0 Å². The molecule has 0 spiro atoms. The first-order valence-corrected chi connectivity index (χ1v) is 9.60. The number of fused-ring (bicyclic) bond motifs is 1. The molecule has 2 aromatic rings. The van der Waals surface area contributed by atoms with E-state index in [0.29, 0.717) is 6.54 Å². The summed E-state index contributed by atoms with van der Waals surface area (Å²) in [6.45, 7) is 7.04. The van der Waals surface area contributed by atoms with E-state index in [1.165, 1.54) is 6.07 Å². The summed E-state index contributed by atoms with van der Waals surface area (Å²) >= 11 is 0. The van der Waals surface area contributed by atoms with Crippen molar-refractivity contribution in [2.24, 2.45) is 0 Å². The fraction of sp³-hybridized carbons (Fsp3) is 0.368. The summed E-state index contributed by atoms with van der Waals surface area (Å²) in [4.78, 5) is 2.21. The Morgan fingerprint density at radius 2 is 1.74 bits per heavy atom. The van der Waals surface area contributed by atoms with Crippen LogP contribution < -0.4 is 9.64 Å². The summed E-state index contributed by atoms with van der Waals surface area (Å²) in [5.41, 5.74) is 2.85. The standard InChI is InChI=1S/C19H23NO4S.ClH.K.H/c1-13-19(2,3)17-11-16(25(21,22)23)9-10-18(17)20(13)12-14-5-7-15(24-4)8-6-14;;;/h5-11,13H,12H2,1-4H3,(H,21,22,23);1H;;. The molecule has 3 rings (SSSR count). The van der Waals surface area contributed by atoms with Crippen LogP contribution in [0.4, 0.5) is 5.69 Å². The molecule has 0 fully saturated rings. The molecular formula is C19H25ClKNO4S. The SMILES string of the molecule is COc1ccc(CN2c3ccc(S(=O)(=O)O)cc3C(C)(C)C2C)cc1.Cl.[KH]. The normalized spacial score (nSPS) is 17.5. The molecule has 1 atom stereocenters. The van der Waals surface area contributed by atoms with Gasteiger partial charge in [-0.05, 0) is 48.4 Å². The summed E-state index contributed by atoms with van der Waals surface area (Å²) in [6.07, 6.45) is 0. The molecule has 27 heavy (non-hydrogen) atoms. The third-order valence-electron chi connectivity index (χ3n) is 5.29. The first-order chi connectivity index (χ1) is 11.6. The predicted molar refractivity (Wildman–Crippen MR) is 112 cm³/mol. The molecule has 2 aromatic carbocycles. The fourth-order valence-electron chi connectivity index (χ4n) is 3.42. The van der Waals surface area contributed by atoms with Crippen LogP contribution in [-0.2, 0) is 22.1 Å². The summed E-state index contributed by atoms with van der Waals surface area (Å²) in [5.74, 6) is 0.816. The van der Waals surface area contributed by atoms with Crippen molar-refractivity contribution in [1.29, 1.82) is 0 Å². The molecule has 0 radical (unpaired) electrons. The van der Waals surface area contributed by atoms with Gasteiger partial charge in [0.25, 0.3) is 10.1 Å². The van der Waals surface area contributed by atoms with Crippen LogP contribution in [-0.4, -0.2) is 77.5 Å². The third kappa shape index (κ3) is 4.90. The number of anilines is 1. The second kappa shape index (κ2) is 9.13. The quantitative estimate of drug-likeness (QED) is 0.586. The van der Waals surface area contributed by atoms with Gasteiger partial charge < -0.3 is 9.64 Å². The second-order valence-corrected chi connectivity index (χ2v) is 8.45. The summed E-state index contributed by atoms with van der Waals surface area (Å²) in [7, 11) is -2.57. The van der Waals surface area contributed by atoms with Crippen molar-refractivity contribution in [1.82, 2.24) is 0 Å². The van der Waals surface area contributed by atoms with Crippen LogP contribution in [0.5, 0.6) is 5.75 Å². The number of methoxy groups -OCH3 is 1. The van der Waals surface area contributed by atoms with Gasteiger partial charge in [0, 0.05) is 23.7 Å². The van der Waals surface area contributed by atoms with Gasteiger partial charge in [0.05, 0.1) is 12.0 Å². The van der Waals surface area contributed by atoms with Crippen molar-refractivity contribution in [3.63, 3.8) is 0 Å². The van der Waals surface area contributed by atoms with Crippen molar-refractivity contribution in [2.45, 2.75) is 43.7 Å². The van der Waals surface area contributed by atoms with Crippen molar-refractivity contribution in [3.05, 3.63) is 53.6 Å². The minimum absolute atomic E-state index is 0. The first kappa shape index (κ1) is 24.9. The Morgan fingerprint density at radius 3 is 2.26 bits per heavy atom. The number of nitrogens with zero attached hydrogens (tertiary/aromatic N) is 1. The Balaban J connectivity index is 0.00000182. The Morgan fingerprint density at radius 1 is 1.15 bits per heavy atom. The molecule has 0 saturated carbocycles. The second-order valence-electron chi connectivity index (χ2n) is 7.03. The molecule has 0 aliphatic carbocycles. The molecule has 0 aromatic heterocycles. The topological polar surface area (TPSA) is 66.8 Å². The van der Waals surface area contributed by atoms with E-state index in [4.69, 9.17) is 4.74 Å². The molecule has 8 heteroatoms. The Kier molecular flexibility index (Phi) is 8.43. The van der Waals surface area contributed by atoms with Crippen LogP contribution in [0, 0.1) is 0 Å². The predicted octanol–water partition coefficient (Wildman–Crippen LogP) is 3.40. The number of benzene rings is 2. The average Bonchev–Trinajstić information content (AvgIpc) is 2.75. The molecule has 144 valence electrons. The number of ether oxygens (including phenoxy) is 1. The molecule has 0 saturated heterocycles. The van der Waals surface area contributed by atoms with Gasteiger partial charge in [-0.3, -0.25) is 4.55 Å². The van der Waals surface area contributed by atoms with Crippen molar-refractivity contribution < 1.29 is 17.7 Å². The van der Waals surface area contributed by atoms with Crippen LogP contribution >= 0.6 is 12.4 Å². The molecule has 1 N–H and O–H groups in total. The van der Waals surface area contributed by atoms with Crippen LogP contribution in [0.2, 0.25) is 0 Å². The summed E-state index contributed by atoms with van der Waals surface area (Å²) in [5, 5.41) is 0. The monoisotopic (exact) mass is 437 g/mol. The number of hydrogen-bond donors (Lipinski definition) is 1. The zero-order chi connectivity index (χ0) is 18.4. The van der Waals surface area contributed by atoms with Crippen molar-refractivity contribution in [2.75, 3.05) is 12.0 Å². The average molecular weight is 438 g/mol. The van der Waals surface area contributed by atoms with E-state index < -0.39 is 10.1 Å². The van der Waals surface area contributed by atoms with Crippen LogP contribution in [0.15, 0.2) is 47.4 Å². The molecule has 5 nitrogen and oxygen atoms in total. The molecular weight excluding hydrogens is 413 g/mol. The summed E-state index contributed by atoms with van der Waals surface area (Å²) in [6, 6.07) is 13.0. The van der Waals surface area contributed by atoms with Crippen molar-refractivity contribution >= 4 is 79.6 Å². The molecule has 1 aliphatic rings. The van der Waals surface area contributed by atoms with E-state index >= 15 is 0 Å². The maximum absolute atomic E-state index is 11.5. The van der Waals surface area contributed by atoms with Gasteiger partial charge in [-0.15, -0.1) is 12.4 Å². The maximum atomic E-state index is 11.5. The molecule has 0 amide bonds. The first-order valence-electron chi connectivity index (χ1n) is 8.16. The van der Waals surface area contributed by atoms with Gasteiger partial charge in [0.2, 0.25) is 0 Å². The van der Waals surface area contributed by atoms with Crippen LogP contribution in [0.25, 0.3) is 0 Å². The van der Waals surface area contributed by atoms with E-state index in [0.717, 1.165) is 22.6 Å². The van der Waals surface area contributed by atoms with Crippen molar-refractivity contribution in [3.8, 4) is 5.75 Å². The minimum atomic E-state index is -4.21. The third-order valence-corrected chi connectivity index (χ3v) is 6.14. The number of halogens is 1. The fourth-order valence-corrected chi connectivity index (χ4v) is 3.92. The van der Waals surface area contributed by atoms with Gasteiger partial charge in [-0.2, -0.15) is 8.42 Å². The van der Waals surface area contributed by atoms with Gasteiger partial charge in [-0.25, -0.2) is 0 Å². The number of rotatable bonds is 4. The molecule has 0 bridgehead atoms. The number of hydrogen-bond acceptors (Lipinski definition) is 4. The van der Waals surface area contributed by atoms with Crippen LogP contribution in [0.1, 0.15) is 31.9 Å². The van der Waals surface area contributed by atoms with Gasteiger partial charge in [-0.1, -0.05) is 26.0 Å². The van der Waals surface area contributed by atoms with E-state index in [1.807, 2.05) is 24.3 Å². The van der Waals surface area contributed by atoms with E-state index in [-0.39, 0.29) is 80.1 Å². The van der Waals surface area contributed by atoms with Crippen LogP contribution in [0.3, 0.4) is 0 Å². The zero-order valence-corrected chi connectivity index (χ0v) is 16.9. The van der Waals surface area contributed by atoms with Gasteiger partial charge in [0.15, 0.2) is 0 Å². The molecule has 1 aliphatic heterocycles. The van der Waals surface area contributed by atoms with Gasteiger partial charge in [0.1, 0.15) is 5.75 Å². The Hall–Kier alpha value is -0.124.